The van der Waals surface area contributed by atoms with E-state index in [1.807, 2.05) is 18.2 Å². The second kappa shape index (κ2) is 11.1. The molecule has 3 saturated carbocycles. The van der Waals surface area contributed by atoms with Gasteiger partial charge in [-0.25, -0.2) is 14.4 Å². The summed E-state index contributed by atoms with van der Waals surface area (Å²) < 4.78 is 26.6. The Labute approximate surface area is 240 Å². The van der Waals surface area contributed by atoms with Crippen molar-refractivity contribution in [3.05, 3.63) is 64.5 Å². The molecular formula is C32H40FN5O3. The lowest BCUT2D eigenvalue weighted by atomic mass is 9.45. The number of aryl methyl sites for hydroxylation is 2. The smallest absolute Gasteiger partial charge is 0.261 e. The number of hydrogen-bond acceptors (Lipinski definition) is 5. The average molecular weight is 562 g/mol. The fourth-order valence-electron chi connectivity index (χ4n) is 7.04. The SMILES string of the molecule is COc1ccc(CCn2cnc3cc(NC(=NC4CC5CC(C4C)C5(C)C)N4CCOCC4)ccc3c2=O)c(F)c1. The summed E-state index contributed by atoms with van der Waals surface area (Å²) in [4.78, 5) is 25.4. The van der Waals surface area contributed by atoms with Crippen LogP contribution in [0, 0.1) is 29.0 Å². The van der Waals surface area contributed by atoms with Crippen molar-refractivity contribution in [3.63, 3.8) is 0 Å². The van der Waals surface area contributed by atoms with Gasteiger partial charge in [-0.05, 0) is 72.3 Å². The first-order chi connectivity index (χ1) is 19.7. The summed E-state index contributed by atoms with van der Waals surface area (Å²) >= 11 is 0. The molecule has 4 unspecified atom stereocenters. The number of rotatable bonds is 6. The first kappa shape index (κ1) is 27.7. The number of halogens is 1. The van der Waals surface area contributed by atoms with E-state index in [9.17, 15) is 9.18 Å². The van der Waals surface area contributed by atoms with E-state index in [-0.39, 0.29) is 11.4 Å². The number of benzene rings is 2. The highest BCUT2D eigenvalue weighted by atomic mass is 19.1. The summed E-state index contributed by atoms with van der Waals surface area (Å²) in [6, 6.07) is 10.7. The predicted molar refractivity (Wildman–Crippen MR) is 159 cm³/mol. The first-order valence-electron chi connectivity index (χ1n) is 14.7. The van der Waals surface area contributed by atoms with Gasteiger partial charge in [-0.2, -0.15) is 0 Å². The van der Waals surface area contributed by atoms with Crippen LogP contribution in [0.4, 0.5) is 10.1 Å². The van der Waals surface area contributed by atoms with Crippen molar-refractivity contribution in [1.29, 1.82) is 0 Å². The van der Waals surface area contributed by atoms with Gasteiger partial charge in [0.1, 0.15) is 11.6 Å². The Hall–Kier alpha value is -3.46. The van der Waals surface area contributed by atoms with Crippen molar-refractivity contribution in [2.24, 2.45) is 28.2 Å². The normalized spacial score (nSPS) is 25.6. The third kappa shape index (κ3) is 5.32. The van der Waals surface area contributed by atoms with Crippen molar-refractivity contribution in [3.8, 4) is 5.75 Å². The number of ether oxygens (including phenoxy) is 2. The van der Waals surface area contributed by atoms with Crippen molar-refractivity contribution in [2.45, 2.75) is 52.6 Å². The summed E-state index contributed by atoms with van der Waals surface area (Å²) in [7, 11) is 1.51. The number of guanidine groups is 1. The molecule has 3 aromatic rings. The van der Waals surface area contributed by atoms with Crippen LogP contribution in [0.25, 0.3) is 10.9 Å². The molecule has 0 radical (unpaired) electrons. The number of methoxy groups -OCH3 is 1. The van der Waals surface area contributed by atoms with Gasteiger partial charge in [0.15, 0.2) is 5.96 Å². The van der Waals surface area contributed by atoms with Gasteiger partial charge in [0.2, 0.25) is 0 Å². The lowest BCUT2D eigenvalue weighted by molar-refractivity contribution is -0.108. The second-order valence-electron chi connectivity index (χ2n) is 12.4. The summed E-state index contributed by atoms with van der Waals surface area (Å²) in [6.45, 7) is 10.5. The van der Waals surface area contributed by atoms with Gasteiger partial charge < -0.3 is 19.7 Å². The van der Waals surface area contributed by atoms with E-state index in [1.165, 1.54) is 24.2 Å². The van der Waals surface area contributed by atoms with Gasteiger partial charge in [0, 0.05) is 31.4 Å². The monoisotopic (exact) mass is 561 g/mol. The highest BCUT2D eigenvalue weighted by molar-refractivity contribution is 5.96. The van der Waals surface area contributed by atoms with Gasteiger partial charge in [-0.15, -0.1) is 0 Å². The van der Waals surface area contributed by atoms with Crippen LogP contribution < -0.4 is 15.6 Å². The zero-order chi connectivity index (χ0) is 28.7. The van der Waals surface area contributed by atoms with Crippen molar-refractivity contribution in [1.82, 2.24) is 14.5 Å². The van der Waals surface area contributed by atoms with E-state index in [1.54, 1.807) is 18.5 Å². The van der Waals surface area contributed by atoms with Gasteiger partial charge in [0.25, 0.3) is 5.56 Å². The Morgan fingerprint density at radius 3 is 2.71 bits per heavy atom. The lowest BCUT2D eigenvalue weighted by Gasteiger charge is -2.61. The fourth-order valence-corrected chi connectivity index (χ4v) is 7.04. The zero-order valence-electron chi connectivity index (χ0n) is 24.4. The first-order valence-corrected chi connectivity index (χ1v) is 14.7. The Bertz CT molecular complexity index is 1510. The molecule has 9 heteroatoms. The number of fused-ring (bicyclic) bond motifs is 3. The molecule has 41 heavy (non-hydrogen) atoms. The van der Waals surface area contributed by atoms with Gasteiger partial charge in [0.05, 0.1) is 43.6 Å². The molecule has 8 nitrogen and oxygen atoms in total. The molecule has 1 saturated heterocycles. The highest BCUT2D eigenvalue weighted by Gasteiger charge is 2.56. The van der Waals surface area contributed by atoms with Crippen molar-refractivity contribution in [2.75, 3.05) is 38.7 Å². The summed E-state index contributed by atoms with van der Waals surface area (Å²) in [6.07, 6.45) is 4.37. The second-order valence-corrected chi connectivity index (χ2v) is 12.4. The number of aliphatic imine (C=N–C) groups is 1. The number of morpholine rings is 1. The highest BCUT2D eigenvalue weighted by Crippen LogP contribution is 2.61. The maximum atomic E-state index is 14.4. The minimum absolute atomic E-state index is 0.143. The fraction of sp³-hybridized carbons (Fsp3) is 0.531. The molecule has 2 bridgehead atoms. The molecule has 1 aliphatic heterocycles. The molecule has 0 amide bonds. The molecule has 4 fully saturated rings. The Morgan fingerprint density at radius 2 is 2.00 bits per heavy atom. The van der Waals surface area contributed by atoms with E-state index in [0.29, 0.717) is 71.7 Å². The molecule has 1 N–H and O–H groups in total. The Kier molecular flexibility index (Phi) is 7.49. The lowest BCUT2D eigenvalue weighted by Crippen LogP contribution is -2.56. The Balaban J connectivity index is 1.21. The summed E-state index contributed by atoms with van der Waals surface area (Å²) in [5, 5.41) is 4.10. The van der Waals surface area contributed by atoms with E-state index < -0.39 is 0 Å². The van der Waals surface area contributed by atoms with Crippen LogP contribution in [0.15, 0.2) is 52.5 Å². The van der Waals surface area contributed by atoms with Gasteiger partial charge >= 0.3 is 0 Å². The van der Waals surface area contributed by atoms with Crippen LogP contribution in [0.5, 0.6) is 5.75 Å². The molecule has 2 heterocycles. The molecule has 1 aromatic heterocycles. The van der Waals surface area contributed by atoms with Gasteiger partial charge in [-0.3, -0.25) is 9.36 Å². The van der Waals surface area contributed by atoms with E-state index in [4.69, 9.17) is 14.5 Å². The van der Waals surface area contributed by atoms with Crippen LogP contribution in [-0.2, 0) is 17.7 Å². The van der Waals surface area contributed by atoms with Crippen molar-refractivity contribution < 1.29 is 13.9 Å². The molecule has 4 aliphatic rings. The summed E-state index contributed by atoms with van der Waals surface area (Å²) in [5.41, 5.74) is 2.26. The van der Waals surface area contributed by atoms with Crippen LogP contribution in [0.3, 0.4) is 0 Å². The largest absolute Gasteiger partial charge is 0.497 e. The molecule has 218 valence electrons. The standard InChI is InChI=1S/C32H40FN5O3/c1-20-26-15-22(32(26,2)3)16-28(20)36-31(37-11-13-41-14-12-37)35-23-6-8-25-29(17-23)34-19-38(30(25)39)10-9-21-5-7-24(40-4)18-27(21)33/h5-8,17-20,22,26,28H,9-16H2,1-4H3,(H,35,36). The molecule has 3 aliphatic carbocycles. The zero-order valence-corrected chi connectivity index (χ0v) is 24.4. The molecule has 0 spiro atoms. The number of aromatic nitrogens is 2. The van der Waals surface area contributed by atoms with E-state index in [0.717, 1.165) is 37.1 Å². The number of hydrogen-bond donors (Lipinski definition) is 1. The number of anilines is 1. The topological polar surface area (TPSA) is 81.0 Å². The Morgan fingerprint density at radius 1 is 1.20 bits per heavy atom. The molecule has 4 atom stereocenters. The van der Waals surface area contributed by atoms with Gasteiger partial charge in [-0.1, -0.05) is 26.8 Å². The van der Waals surface area contributed by atoms with Crippen LogP contribution in [-0.4, -0.2) is 59.9 Å². The van der Waals surface area contributed by atoms with Crippen LogP contribution in [0.1, 0.15) is 39.2 Å². The molecular weight excluding hydrogens is 521 g/mol. The maximum Gasteiger partial charge on any atom is 0.261 e. The quantitative estimate of drug-likeness (QED) is 0.339. The van der Waals surface area contributed by atoms with Crippen LogP contribution >= 0.6 is 0 Å². The minimum Gasteiger partial charge on any atom is -0.497 e. The molecule has 2 aromatic carbocycles. The average Bonchev–Trinajstić information content (AvgIpc) is 2.98. The van der Waals surface area contributed by atoms with E-state index in [2.05, 4.69) is 36.0 Å². The minimum atomic E-state index is -0.344. The molecule has 7 rings (SSSR count). The van der Waals surface area contributed by atoms with Crippen LogP contribution in [0.2, 0.25) is 0 Å². The third-order valence-electron chi connectivity index (χ3n) is 9.88. The maximum absolute atomic E-state index is 14.4. The summed E-state index contributed by atoms with van der Waals surface area (Å²) in [5.74, 6) is 2.99. The number of nitrogens with zero attached hydrogens (tertiary/aromatic N) is 4. The van der Waals surface area contributed by atoms with E-state index >= 15 is 0 Å². The van der Waals surface area contributed by atoms with Crippen molar-refractivity contribution >= 4 is 22.5 Å². The predicted octanol–water partition coefficient (Wildman–Crippen LogP) is 4.96. The number of nitrogens with one attached hydrogen (secondary N) is 1. The third-order valence-corrected chi connectivity index (χ3v) is 9.88.